The lowest BCUT2D eigenvalue weighted by Gasteiger charge is -2.14. The first kappa shape index (κ1) is 15.2. The number of sulfone groups is 1. The van der Waals surface area contributed by atoms with Crippen LogP contribution in [0.5, 0.6) is 0 Å². The zero-order valence-electron chi connectivity index (χ0n) is 10.7. The number of aromatic carboxylic acids is 1. The third kappa shape index (κ3) is 3.78. The number of amides is 1. The highest BCUT2D eigenvalue weighted by Crippen LogP contribution is 2.14. The highest BCUT2D eigenvalue weighted by Gasteiger charge is 2.22. The van der Waals surface area contributed by atoms with E-state index in [1.807, 2.05) is 0 Å². The van der Waals surface area contributed by atoms with E-state index in [0.29, 0.717) is 6.54 Å². The Kier molecular flexibility index (Phi) is 4.66. The lowest BCUT2D eigenvalue weighted by Crippen LogP contribution is -2.32. The van der Waals surface area contributed by atoms with E-state index in [-0.39, 0.29) is 10.5 Å². The van der Waals surface area contributed by atoms with Gasteiger partial charge in [0.15, 0.2) is 9.84 Å². The molecular weight excluding hydrogens is 270 g/mol. The summed E-state index contributed by atoms with van der Waals surface area (Å²) in [6.07, 6.45) is 0. The van der Waals surface area contributed by atoms with Gasteiger partial charge < -0.3 is 10.0 Å². The summed E-state index contributed by atoms with van der Waals surface area (Å²) in [5.41, 5.74) is -0.127. The van der Waals surface area contributed by atoms with Gasteiger partial charge in [-0.15, -0.1) is 0 Å². The summed E-state index contributed by atoms with van der Waals surface area (Å²) in [6.45, 7) is 2.14. The van der Waals surface area contributed by atoms with Crippen molar-refractivity contribution in [2.24, 2.45) is 0 Å². The van der Waals surface area contributed by atoms with E-state index in [0.717, 1.165) is 6.07 Å². The van der Waals surface area contributed by atoms with Crippen LogP contribution in [0.4, 0.5) is 0 Å². The number of nitrogens with zero attached hydrogens (tertiary/aromatic N) is 1. The van der Waals surface area contributed by atoms with E-state index in [9.17, 15) is 18.0 Å². The molecule has 0 unspecified atom stereocenters. The van der Waals surface area contributed by atoms with Crippen LogP contribution in [0.3, 0.4) is 0 Å². The van der Waals surface area contributed by atoms with Gasteiger partial charge in [-0.2, -0.15) is 0 Å². The Labute approximate surface area is 111 Å². The minimum Gasteiger partial charge on any atom is -0.478 e. The number of carboxylic acid groups (broad SMARTS) is 1. The van der Waals surface area contributed by atoms with Gasteiger partial charge in [0.1, 0.15) is 5.75 Å². The van der Waals surface area contributed by atoms with Crippen molar-refractivity contribution in [2.45, 2.75) is 11.8 Å². The van der Waals surface area contributed by atoms with Crippen molar-refractivity contribution >= 4 is 21.7 Å². The van der Waals surface area contributed by atoms with Crippen LogP contribution in [0.15, 0.2) is 29.2 Å². The first-order valence-electron chi connectivity index (χ1n) is 5.58. The lowest BCUT2D eigenvalue weighted by molar-refractivity contribution is -0.126. The van der Waals surface area contributed by atoms with E-state index in [2.05, 4.69) is 0 Å². The molecule has 0 aliphatic rings. The minimum atomic E-state index is -3.83. The molecule has 0 bridgehead atoms. The molecule has 0 atom stereocenters. The Hall–Kier alpha value is -1.89. The third-order valence-electron chi connectivity index (χ3n) is 2.65. The molecule has 0 aliphatic carbocycles. The van der Waals surface area contributed by atoms with Crippen molar-refractivity contribution in [3.8, 4) is 0 Å². The Morgan fingerprint density at radius 2 is 1.95 bits per heavy atom. The molecule has 0 aromatic heterocycles. The lowest BCUT2D eigenvalue weighted by atomic mass is 10.2. The summed E-state index contributed by atoms with van der Waals surface area (Å²) in [6, 6.07) is 4.96. The number of hydrogen-bond donors (Lipinski definition) is 1. The molecule has 0 radical (unpaired) electrons. The summed E-state index contributed by atoms with van der Waals surface area (Å²) in [5.74, 6) is -2.40. The molecule has 19 heavy (non-hydrogen) atoms. The highest BCUT2D eigenvalue weighted by atomic mass is 32.2. The molecule has 1 amide bonds. The van der Waals surface area contributed by atoms with Gasteiger partial charge in [-0.25, -0.2) is 13.2 Å². The largest absolute Gasteiger partial charge is 0.478 e. The Bertz CT molecular complexity index is 594. The van der Waals surface area contributed by atoms with Crippen molar-refractivity contribution in [1.29, 1.82) is 0 Å². The summed E-state index contributed by atoms with van der Waals surface area (Å²) < 4.78 is 24.0. The summed E-state index contributed by atoms with van der Waals surface area (Å²) in [5, 5.41) is 8.81. The summed E-state index contributed by atoms with van der Waals surface area (Å²) in [4.78, 5) is 23.5. The van der Waals surface area contributed by atoms with Gasteiger partial charge in [0.2, 0.25) is 5.91 Å². The smallest absolute Gasteiger partial charge is 0.335 e. The van der Waals surface area contributed by atoms with Gasteiger partial charge in [-0.1, -0.05) is 6.07 Å². The molecule has 1 N–H and O–H groups in total. The Balaban J connectivity index is 3.04. The Morgan fingerprint density at radius 3 is 2.47 bits per heavy atom. The maximum absolute atomic E-state index is 12.0. The van der Waals surface area contributed by atoms with Gasteiger partial charge in [0.25, 0.3) is 0 Å². The number of rotatable bonds is 5. The van der Waals surface area contributed by atoms with E-state index in [4.69, 9.17) is 5.11 Å². The van der Waals surface area contributed by atoms with Crippen molar-refractivity contribution in [2.75, 3.05) is 19.3 Å². The predicted molar refractivity (Wildman–Crippen MR) is 68.8 cm³/mol. The highest BCUT2D eigenvalue weighted by molar-refractivity contribution is 7.92. The maximum atomic E-state index is 12.0. The van der Waals surface area contributed by atoms with Crippen molar-refractivity contribution in [1.82, 2.24) is 4.90 Å². The quantitative estimate of drug-likeness (QED) is 0.857. The molecule has 6 nitrogen and oxygen atoms in total. The maximum Gasteiger partial charge on any atom is 0.335 e. The van der Waals surface area contributed by atoms with Crippen LogP contribution in [-0.4, -0.2) is 49.6 Å². The van der Waals surface area contributed by atoms with Gasteiger partial charge in [0.05, 0.1) is 10.5 Å². The topological polar surface area (TPSA) is 91.8 Å². The molecule has 0 heterocycles. The van der Waals surface area contributed by atoms with Gasteiger partial charge in [0, 0.05) is 13.6 Å². The van der Waals surface area contributed by atoms with E-state index < -0.39 is 27.5 Å². The SMILES string of the molecule is CCN(C)C(=O)CS(=O)(=O)c1cccc(C(=O)O)c1. The molecule has 104 valence electrons. The first-order valence-corrected chi connectivity index (χ1v) is 7.23. The van der Waals surface area contributed by atoms with Crippen LogP contribution in [0, 0.1) is 0 Å². The molecular formula is C12H15NO5S. The van der Waals surface area contributed by atoms with E-state index in [1.165, 1.54) is 30.1 Å². The second-order valence-corrected chi connectivity index (χ2v) is 5.99. The van der Waals surface area contributed by atoms with Gasteiger partial charge in [-0.05, 0) is 25.1 Å². The van der Waals surface area contributed by atoms with Crippen LogP contribution in [0.2, 0.25) is 0 Å². The van der Waals surface area contributed by atoms with Crippen molar-refractivity contribution in [3.05, 3.63) is 29.8 Å². The molecule has 0 saturated heterocycles. The standard InChI is InChI=1S/C12H15NO5S/c1-3-13(2)11(14)8-19(17,18)10-6-4-5-9(7-10)12(15)16/h4-7H,3,8H2,1-2H3,(H,15,16). The van der Waals surface area contributed by atoms with Crippen LogP contribution in [0.1, 0.15) is 17.3 Å². The molecule has 0 fully saturated rings. The van der Waals surface area contributed by atoms with Crippen LogP contribution in [0.25, 0.3) is 0 Å². The average molecular weight is 285 g/mol. The third-order valence-corrected chi connectivity index (χ3v) is 4.25. The number of carboxylic acids is 1. The number of hydrogen-bond acceptors (Lipinski definition) is 4. The molecule has 7 heteroatoms. The van der Waals surface area contributed by atoms with Gasteiger partial charge >= 0.3 is 5.97 Å². The van der Waals surface area contributed by atoms with E-state index in [1.54, 1.807) is 6.92 Å². The van der Waals surface area contributed by atoms with Crippen LogP contribution < -0.4 is 0 Å². The monoisotopic (exact) mass is 285 g/mol. The zero-order chi connectivity index (χ0) is 14.6. The Morgan fingerprint density at radius 1 is 1.32 bits per heavy atom. The number of carbonyl (C=O) groups is 2. The van der Waals surface area contributed by atoms with Gasteiger partial charge in [-0.3, -0.25) is 4.79 Å². The second kappa shape index (κ2) is 5.83. The number of benzene rings is 1. The fraction of sp³-hybridized carbons (Fsp3) is 0.333. The fourth-order valence-electron chi connectivity index (χ4n) is 1.36. The summed E-state index contributed by atoms with van der Waals surface area (Å²) >= 11 is 0. The van der Waals surface area contributed by atoms with Crippen molar-refractivity contribution < 1.29 is 23.1 Å². The summed E-state index contributed by atoms with van der Waals surface area (Å²) in [7, 11) is -2.32. The molecule has 1 aromatic carbocycles. The molecule has 0 spiro atoms. The fourth-order valence-corrected chi connectivity index (χ4v) is 2.66. The van der Waals surface area contributed by atoms with E-state index >= 15 is 0 Å². The normalized spacial score (nSPS) is 11.1. The predicted octanol–water partition coefficient (Wildman–Crippen LogP) is 0.637. The number of carbonyl (C=O) groups excluding carboxylic acids is 1. The molecule has 1 rings (SSSR count). The van der Waals surface area contributed by atoms with Crippen molar-refractivity contribution in [3.63, 3.8) is 0 Å². The van der Waals surface area contributed by atoms with Crippen LogP contribution >= 0.6 is 0 Å². The zero-order valence-corrected chi connectivity index (χ0v) is 11.5. The average Bonchev–Trinajstić information content (AvgIpc) is 2.37. The van der Waals surface area contributed by atoms with Crippen LogP contribution in [-0.2, 0) is 14.6 Å². The molecule has 0 aliphatic heterocycles. The second-order valence-electron chi connectivity index (χ2n) is 4.00. The molecule has 0 saturated carbocycles. The minimum absolute atomic E-state index is 0.127. The molecule has 1 aromatic rings. The first-order chi connectivity index (χ1) is 8.77.